The van der Waals surface area contributed by atoms with E-state index in [0.29, 0.717) is 5.56 Å². The van der Waals surface area contributed by atoms with E-state index < -0.39 is 0 Å². The number of amides is 1. The topological polar surface area (TPSA) is 48.5 Å². The van der Waals surface area contributed by atoms with Crippen LogP contribution in [0.15, 0.2) is 72.9 Å². The van der Waals surface area contributed by atoms with Gasteiger partial charge in [0, 0.05) is 49.8 Å². The molecule has 5 heteroatoms. The van der Waals surface area contributed by atoms with E-state index in [1.54, 1.807) is 12.3 Å². The zero-order valence-electron chi connectivity index (χ0n) is 16.7. The maximum absolute atomic E-state index is 12.7. The molecule has 2 aromatic carbocycles. The maximum Gasteiger partial charge on any atom is 0.255 e. The average Bonchev–Trinajstić information content (AvgIpc) is 3.30. The van der Waals surface area contributed by atoms with Crippen LogP contribution in [-0.2, 0) is 6.54 Å². The lowest BCUT2D eigenvalue weighted by molar-refractivity contribution is 0.102. The van der Waals surface area contributed by atoms with E-state index in [2.05, 4.69) is 39.5 Å². The number of hydrogen-bond donors (Lipinski definition) is 1. The van der Waals surface area contributed by atoms with Gasteiger partial charge in [0.1, 0.15) is 5.82 Å². The molecule has 1 saturated heterocycles. The largest absolute Gasteiger partial charge is 0.372 e. The lowest BCUT2D eigenvalue weighted by Crippen LogP contribution is -2.19. The second-order valence-corrected chi connectivity index (χ2v) is 7.44. The van der Waals surface area contributed by atoms with Gasteiger partial charge in [0.05, 0.1) is 0 Å². The summed E-state index contributed by atoms with van der Waals surface area (Å²) in [4.78, 5) is 21.6. The molecule has 2 heterocycles. The Morgan fingerprint density at radius 3 is 2.48 bits per heavy atom. The average molecular weight is 386 g/mol. The number of aromatic nitrogens is 1. The molecule has 0 unspecified atom stereocenters. The van der Waals surface area contributed by atoms with Gasteiger partial charge in [-0.05, 0) is 54.8 Å². The molecule has 0 bridgehead atoms. The summed E-state index contributed by atoms with van der Waals surface area (Å²) in [6, 6.07) is 21.9. The lowest BCUT2D eigenvalue weighted by atomic mass is 10.2. The molecule has 0 saturated carbocycles. The van der Waals surface area contributed by atoms with Gasteiger partial charge in [0.2, 0.25) is 0 Å². The molecular formula is C24H26N4O. The number of rotatable bonds is 6. The minimum atomic E-state index is -0.129. The molecule has 4 rings (SSSR count). The Labute approximate surface area is 172 Å². The number of hydrogen-bond acceptors (Lipinski definition) is 4. The molecule has 5 nitrogen and oxygen atoms in total. The Morgan fingerprint density at radius 1 is 1.03 bits per heavy atom. The molecule has 29 heavy (non-hydrogen) atoms. The number of nitrogens with one attached hydrogen (secondary N) is 1. The number of carbonyl (C=O) groups is 1. The highest BCUT2D eigenvalue weighted by atomic mass is 16.1. The summed E-state index contributed by atoms with van der Waals surface area (Å²) in [7, 11) is 1.98. The smallest absolute Gasteiger partial charge is 0.255 e. The zero-order valence-corrected chi connectivity index (χ0v) is 16.7. The van der Waals surface area contributed by atoms with Gasteiger partial charge in [-0.3, -0.25) is 4.79 Å². The summed E-state index contributed by atoms with van der Waals surface area (Å²) < 4.78 is 0. The highest BCUT2D eigenvalue weighted by Crippen LogP contribution is 2.22. The van der Waals surface area contributed by atoms with Crippen LogP contribution < -0.4 is 15.1 Å². The van der Waals surface area contributed by atoms with Gasteiger partial charge in [-0.15, -0.1) is 0 Å². The van der Waals surface area contributed by atoms with Crippen molar-refractivity contribution in [2.24, 2.45) is 0 Å². The van der Waals surface area contributed by atoms with Crippen LogP contribution in [-0.4, -0.2) is 31.0 Å². The van der Waals surface area contributed by atoms with Crippen LogP contribution in [0, 0.1) is 0 Å². The van der Waals surface area contributed by atoms with Crippen molar-refractivity contribution in [3.8, 4) is 0 Å². The van der Waals surface area contributed by atoms with E-state index in [-0.39, 0.29) is 5.91 Å². The third kappa shape index (κ3) is 4.74. The molecule has 1 N–H and O–H groups in total. The first-order valence-electron chi connectivity index (χ1n) is 10.1. The van der Waals surface area contributed by atoms with Gasteiger partial charge in [0.25, 0.3) is 5.91 Å². The van der Waals surface area contributed by atoms with Crippen LogP contribution in [0.3, 0.4) is 0 Å². The number of anilines is 3. The maximum atomic E-state index is 12.7. The number of carbonyl (C=O) groups excluding carboxylic acids is 1. The van der Waals surface area contributed by atoms with E-state index in [9.17, 15) is 4.79 Å². The third-order valence-corrected chi connectivity index (χ3v) is 5.26. The molecule has 0 atom stereocenters. The van der Waals surface area contributed by atoms with Gasteiger partial charge in [0.15, 0.2) is 0 Å². The third-order valence-electron chi connectivity index (χ3n) is 5.26. The van der Waals surface area contributed by atoms with E-state index in [0.717, 1.165) is 31.1 Å². The minimum absolute atomic E-state index is 0.129. The molecule has 3 aromatic rings. The normalized spacial score (nSPS) is 13.3. The highest BCUT2D eigenvalue weighted by Gasteiger charge is 2.13. The number of nitrogens with zero attached hydrogens (tertiary/aromatic N) is 3. The fraction of sp³-hybridized carbons (Fsp3) is 0.250. The fourth-order valence-electron chi connectivity index (χ4n) is 3.64. The lowest BCUT2D eigenvalue weighted by Gasteiger charge is -2.19. The highest BCUT2D eigenvalue weighted by molar-refractivity contribution is 6.04. The first-order valence-corrected chi connectivity index (χ1v) is 10.1. The summed E-state index contributed by atoms with van der Waals surface area (Å²) in [5.74, 6) is 0.640. The summed E-state index contributed by atoms with van der Waals surface area (Å²) in [6.45, 7) is 2.96. The van der Waals surface area contributed by atoms with Crippen LogP contribution in [0.1, 0.15) is 28.8 Å². The van der Waals surface area contributed by atoms with Crippen LogP contribution in [0.2, 0.25) is 0 Å². The van der Waals surface area contributed by atoms with Gasteiger partial charge >= 0.3 is 0 Å². The standard InChI is InChI=1S/C24H26N4O/c1-27(18-19-7-3-2-4-8-19)23-17-20(13-14-25-23)24(29)26-21-9-11-22(12-10-21)28-15-5-6-16-28/h2-4,7-14,17H,5-6,15-16,18H2,1H3,(H,26,29). The predicted molar refractivity (Wildman–Crippen MR) is 119 cm³/mol. The fourth-order valence-corrected chi connectivity index (χ4v) is 3.64. The van der Waals surface area contributed by atoms with E-state index >= 15 is 0 Å². The number of benzene rings is 2. The van der Waals surface area contributed by atoms with Crippen molar-refractivity contribution in [3.63, 3.8) is 0 Å². The van der Waals surface area contributed by atoms with Crippen LogP contribution in [0.5, 0.6) is 0 Å². The van der Waals surface area contributed by atoms with Crippen molar-refractivity contribution >= 4 is 23.1 Å². The van der Waals surface area contributed by atoms with Gasteiger partial charge in [-0.2, -0.15) is 0 Å². The molecule has 0 aliphatic carbocycles. The molecule has 0 radical (unpaired) electrons. The van der Waals surface area contributed by atoms with Crippen molar-refractivity contribution in [2.75, 3.05) is 35.3 Å². The SMILES string of the molecule is CN(Cc1ccccc1)c1cc(C(=O)Nc2ccc(N3CCCC3)cc2)ccn1. The first-order chi connectivity index (χ1) is 14.2. The second-order valence-electron chi connectivity index (χ2n) is 7.44. The molecule has 0 spiro atoms. The van der Waals surface area contributed by atoms with Crippen LogP contribution in [0.4, 0.5) is 17.2 Å². The first kappa shape index (κ1) is 19.0. The Balaban J connectivity index is 1.41. The number of pyridine rings is 1. The molecule has 1 aliphatic heterocycles. The summed E-state index contributed by atoms with van der Waals surface area (Å²) in [5.41, 5.74) is 3.81. The Hall–Kier alpha value is -3.34. The molecule has 1 aliphatic rings. The van der Waals surface area contributed by atoms with Gasteiger partial charge in [-0.25, -0.2) is 4.98 Å². The van der Waals surface area contributed by atoms with E-state index in [4.69, 9.17) is 0 Å². The van der Waals surface area contributed by atoms with Gasteiger partial charge in [-0.1, -0.05) is 30.3 Å². The predicted octanol–water partition coefficient (Wildman–Crippen LogP) is 4.57. The Morgan fingerprint density at radius 2 is 1.76 bits per heavy atom. The monoisotopic (exact) mass is 386 g/mol. The quantitative estimate of drug-likeness (QED) is 0.674. The summed E-state index contributed by atoms with van der Waals surface area (Å²) >= 11 is 0. The summed E-state index contributed by atoms with van der Waals surface area (Å²) in [6.07, 6.45) is 4.19. The van der Waals surface area contributed by atoms with E-state index in [1.165, 1.54) is 24.1 Å². The molecular weight excluding hydrogens is 360 g/mol. The molecule has 1 fully saturated rings. The van der Waals surface area contributed by atoms with Crippen molar-refractivity contribution in [1.82, 2.24) is 4.98 Å². The minimum Gasteiger partial charge on any atom is -0.372 e. The molecule has 148 valence electrons. The van der Waals surface area contributed by atoms with E-state index in [1.807, 2.05) is 48.3 Å². The summed E-state index contributed by atoms with van der Waals surface area (Å²) in [5, 5.41) is 2.99. The van der Waals surface area contributed by atoms with Gasteiger partial charge < -0.3 is 15.1 Å². The molecule has 1 aromatic heterocycles. The molecule has 1 amide bonds. The zero-order chi connectivity index (χ0) is 20.1. The van der Waals surface area contributed by atoms with Crippen LogP contribution in [0.25, 0.3) is 0 Å². The Kier molecular flexibility index (Phi) is 5.75. The van der Waals surface area contributed by atoms with Crippen LogP contribution >= 0.6 is 0 Å². The Bertz CT molecular complexity index is 950. The van der Waals surface area contributed by atoms with Crippen molar-refractivity contribution in [1.29, 1.82) is 0 Å². The second kappa shape index (κ2) is 8.78. The van der Waals surface area contributed by atoms with Crippen molar-refractivity contribution in [3.05, 3.63) is 84.1 Å². The van der Waals surface area contributed by atoms with Crippen molar-refractivity contribution in [2.45, 2.75) is 19.4 Å². The van der Waals surface area contributed by atoms with Crippen molar-refractivity contribution < 1.29 is 4.79 Å².